The van der Waals surface area contributed by atoms with Gasteiger partial charge in [0.15, 0.2) is 0 Å². The van der Waals surface area contributed by atoms with E-state index in [1.807, 2.05) is 12.1 Å². The van der Waals surface area contributed by atoms with Crippen LogP contribution in [-0.4, -0.2) is 33.1 Å². The van der Waals surface area contributed by atoms with Crippen LogP contribution in [0.1, 0.15) is 32.6 Å². The molecule has 1 saturated heterocycles. The summed E-state index contributed by atoms with van der Waals surface area (Å²) >= 11 is 0. The number of rotatable bonds is 6. The van der Waals surface area contributed by atoms with Crippen LogP contribution in [0.3, 0.4) is 0 Å². The molecule has 1 saturated carbocycles. The van der Waals surface area contributed by atoms with Gasteiger partial charge in [-0.25, -0.2) is 13.1 Å². The Bertz CT molecular complexity index is 602. The Morgan fingerprint density at radius 1 is 1.29 bits per heavy atom. The molecule has 0 amide bonds. The van der Waals surface area contributed by atoms with Gasteiger partial charge in [-0.05, 0) is 43.5 Å². The van der Waals surface area contributed by atoms with Crippen molar-refractivity contribution in [3.63, 3.8) is 0 Å². The van der Waals surface area contributed by atoms with Gasteiger partial charge in [0.25, 0.3) is 0 Å². The summed E-state index contributed by atoms with van der Waals surface area (Å²) in [5.41, 5.74) is 7.22. The highest BCUT2D eigenvalue weighted by molar-refractivity contribution is 7.89. The number of benzene rings is 1. The lowest BCUT2D eigenvalue weighted by Gasteiger charge is -2.49. The smallest absolute Gasteiger partial charge is 0.240 e. The molecule has 0 radical (unpaired) electrons. The lowest BCUT2D eigenvalue weighted by atomic mass is 9.86. The van der Waals surface area contributed by atoms with E-state index in [1.54, 1.807) is 12.1 Å². The molecule has 0 bridgehead atoms. The van der Waals surface area contributed by atoms with Gasteiger partial charge in [-0.2, -0.15) is 0 Å². The molecule has 3 rings (SSSR count). The van der Waals surface area contributed by atoms with Crippen molar-refractivity contribution in [1.29, 1.82) is 0 Å². The second-order valence-corrected chi connectivity index (χ2v) is 8.07. The predicted molar refractivity (Wildman–Crippen MR) is 83.8 cm³/mol. The van der Waals surface area contributed by atoms with Gasteiger partial charge in [0.2, 0.25) is 10.0 Å². The summed E-state index contributed by atoms with van der Waals surface area (Å²) in [6.45, 7) is 3.82. The first-order chi connectivity index (χ1) is 9.92. The molecule has 5 nitrogen and oxygen atoms in total. The van der Waals surface area contributed by atoms with Crippen molar-refractivity contribution in [3.05, 3.63) is 24.3 Å². The number of nitrogens with two attached hydrogens (primary N) is 1. The second kappa shape index (κ2) is 5.26. The lowest BCUT2D eigenvalue weighted by molar-refractivity contribution is 0.308. The van der Waals surface area contributed by atoms with Crippen molar-refractivity contribution in [2.75, 3.05) is 18.0 Å². The molecule has 21 heavy (non-hydrogen) atoms. The fourth-order valence-corrected chi connectivity index (χ4v) is 4.18. The molecule has 1 aliphatic heterocycles. The summed E-state index contributed by atoms with van der Waals surface area (Å²) in [6, 6.07) is 7.23. The van der Waals surface area contributed by atoms with Crippen LogP contribution in [-0.2, 0) is 10.0 Å². The normalized spacial score (nSPS) is 21.1. The SMILES string of the molecule is CCCC1(N)CN(c2ccc(S(=O)(=O)NC3CC3)cc2)C1. The van der Waals surface area contributed by atoms with E-state index < -0.39 is 10.0 Å². The van der Waals surface area contributed by atoms with Crippen molar-refractivity contribution in [2.24, 2.45) is 5.73 Å². The molecule has 116 valence electrons. The lowest BCUT2D eigenvalue weighted by Crippen LogP contribution is -2.67. The van der Waals surface area contributed by atoms with E-state index in [0.717, 1.165) is 44.5 Å². The number of nitrogens with zero attached hydrogens (tertiary/aromatic N) is 1. The molecule has 6 heteroatoms. The quantitative estimate of drug-likeness (QED) is 0.834. The van der Waals surface area contributed by atoms with E-state index >= 15 is 0 Å². The molecule has 0 aromatic heterocycles. The van der Waals surface area contributed by atoms with E-state index in [0.29, 0.717) is 4.90 Å². The van der Waals surface area contributed by atoms with Crippen molar-refractivity contribution in [3.8, 4) is 0 Å². The average Bonchev–Trinajstić information content (AvgIpc) is 3.19. The second-order valence-electron chi connectivity index (χ2n) is 6.36. The Hall–Kier alpha value is -1.11. The third kappa shape index (κ3) is 3.22. The topological polar surface area (TPSA) is 75.4 Å². The number of hydrogen-bond acceptors (Lipinski definition) is 4. The number of hydrogen-bond donors (Lipinski definition) is 2. The molecule has 2 aliphatic rings. The summed E-state index contributed by atoms with van der Waals surface area (Å²) < 4.78 is 26.9. The third-order valence-electron chi connectivity index (χ3n) is 4.17. The number of anilines is 1. The summed E-state index contributed by atoms with van der Waals surface area (Å²) in [6.07, 6.45) is 4.01. The zero-order valence-corrected chi connectivity index (χ0v) is 13.2. The highest BCUT2D eigenvalue weighted by Crippen LogP contribution is 2.30. The highest BCUT2D eigenvalue weighted by atomic mass is 32.2. The standard InChI is InChI=1S/C15H23N3O2S/c1-2-9-15(16)10-18(11-15)13-5-7-14(8-6-13)21(19,20)17-12-3-4-12/h5-8,12,17H,2-4,9-11,16H2,1H3. The largest absolute Gasteiger partial charge is 0.368 e. The first kappa shape index (κ1) is 14.8. The van der Waals surface area contributed by atoms with E-state index in [4.69, 9.17) is 5.73 Å². The van der Waals surface area contributed by atoms with Crippen molar-refractivity contribution >= 4 is 15.7 Å². The van der Waals surface area contributed by atoms with Gasteiger partial charge in [0.1, 0.15) is 0 Å². The van der Waals surface area contributed by atoms with Gasteiger partial charge in [-0.3, -0.25) is 0 Å². The predicted octanol–water partition coefficient (Wildman–Crippen LogP) is 1.44. The van der Waals surface area contributed by atoms with Crippen LogP contribution in [0.15, 0.2) is 29.2 Å². The minimum absolute atomic E-state index is 0.0764. The maximum absolute atomic E-state index is 12.1. The fourth-order valence-electron chi connectivity index (χ4n) is 2.88. The fraction of sp³-hybridized carbons (Fsp3) is 0.600. The molecule has 0 atom stereocenters. The van der Waals surface area contributed by atoms with Gasteiger partial charge in [-0.15, -0.1) is 0 Å². The van der Waals surface area contributed by atoms with Crippen LogP contribution < -0.4 is 15.4 Å². The Morgan fingerprint density at radius 3 is 2.43 bits per heavy atom. The summed E-state index contributed by atoms with van der Waals surface area (Å²) in [4.78, 5) is 2.53. The Morgan fingerprint density at radius 2 is 1.90 bits per heavy atom. The van der Waals surface area contributed by atoms with Crippen molar-refractivity contribution < 1.29 is 8.42 Å². The molecule has 1 heterocycles. The van der Waals surface area contributed by atoms with Crippen molar-refractivity contribution in [1.82, 2.24) is 4.72 Å². The summed E-state index contributed by atoms with van der Waals surface area (Å²) in [7, 11) is -3.35. The molecular weight excluding hydrogens is 286 g/mol. The van der Waals surface area contributed by atoms with E-state index in [2.05, 4.69) is 16.5 Å². The van der Waals surface area contributed by atoms with Crippen LogP contribution in [0.25, 0.3) is 0 Å². The zero-order chi connectivity index (χ0) is 15.1. The number of nitrogens with one attached hydrogen (secondary N) is 1. The molecular formula is C15H23N3O2S. The molecule has 1 aromatic rings. The van der Waals surface area contributed by atoms with E-state index in [-0.39, 0.29) is 11.6 Å². The Labute approximate surface area is 126 Å². The van der Waals surface area contributed by atoms with E-state index in [9.17, 15) is 8.42 Å². The molecule has 2 fully saturated rings. The molecule has 1 aromatic carbocycles. The minimum atomic E-state index is -3.35. The van der Waals surface area contributed by atoms with Crippen LogP contribution in [0.5, 0.6) is 0 Å². The molecule has 3 N–H and O–H groups in total. The first-order valence-corrected chi connectivity index (χ1v) is 9.06. The van der Waals surface area contributed by atoms with Crippen molar-refractivity contribution in [2.45, 2.75) is 49.1 Å². The summed E-state index contributed by atoms with van der Waals surface area (Å²) in [5, 5.41) is 0. The van der Waals surface area contributed by atoms with Crippen LogP contribution in [0.2, 0.25) is 0 Å². The van der Waals surface area contributed by atoms with Gasteiger partial charge >= 0.3 is 0 Å². The molecule has 0 spiro atoms. The first-order valence-electron chi connectivity index (χ1n) is 7.58. The monoisotopic (exact) mass is 309 g/mol. The van der Waals surface area contributed by atoms with Crippen LogP contribution in [0, 0.1) is 0 Å². The summed E-state index contributed by atoms with van der Waals surface area (Å²) in [5.74, 6) is 0. The highest BCUT2D eigenvalue weighted by Gasteiger charge is 2.38. The van der Waals surface area contributed by atoms with Gasteiger partial charge in [-0.1, -0.05) is 13.3 Å². The average molecular weight is 309 g/mol. The zero-order valence-electron chi connectivity index (χ0n) is 12.4. The maximum atomic E-state index is 12.1. The van der Waals surface area contributed by atoms with Gasteiger partial charge in [0, 0.05) is 24.8 Å². The third-order valence-corrected chi connectivity index (χ3v) is 5.71. The minimum Gasteiger partial charge on any atom is -0.368 e. The number of sulfonamides is 1. The van der Waals surface area contributed by atoms with Gasteiger partial charge < -0.3 is 10.6 Å². The van der Waals surface area contributed by atoms with Crippen LogP contribution in [0.4, 0.5) is 5.69 Å². The van der Waals surface area contributed by atoms with E-state index in [1.165, 1.54) is 0 Å². The molecule has 1 aliphatic carbocycles. The molecule has 0 unspecified atom stereocenters. The maximum Gasteiger partial charge on any atom is 0.240 e. The van der Waals surface area contributed by atoms with Gasteiger partial charge in [0.05, 0.1) is 10.4 Å². The van der Waals surface area contributed by atoms with Crippen LogP contribution >= 0.6 is 0 Å². The Kier molecular flexibility index (Phi) is 3.71. The Balaban J connectivity index is 1.65.